The monoisotopic (exact) mass is 225 g/mol. The van der Waals surface area contributed by atoms with Gasteiger partial charge in [-0.25, -0.2) is 4.39 Å². The maximum absolute atomic E-state index is 13.8. The minimum atomic E-state index is -0.657. The van der Waals surface area contributed by atoms with Gasteiger partial charge in [0.1, 0.15) is 5.75 Å². The number of methoxy groups -OCH3 is 1. The molecule has 3 N–H and O–H groups in total. The van der Waals surface area contributed by atoms with Crippen molar-refractivity contribution >= 4 is 0 Å². The van der Waals surface area contributed by atoms with Gasteiger partial charge in [-0.1, -0.05) is 12.8 Å². The molecule has 1 fully saturated rings. The van der Waals surface area contributed by atoms with Crippen LogP contribution in [-0.4, -0.2) is 12.2 Å². The third-order valence-electron chi connectivity index (χ3n) is 3.29. The van der Waals surface area contributed by atoms with Crippen LogP contribution in [0.15, 0.2) is 12.1 Å². The lowest BCUT2D eigenvalue weighted by Gasteiger charge is -2.25. The second-order valence-corrected chi connectivity index (χ2v) is 4.37. The molecule has 0 amide bonds. The number of hydrogen-bond acceptors (Lipinski definition) is 3. The van der Waals surface area contributed by atoms with Crippen LogP contribution in [0.5, 0.6) is 11.5 Å². The van der Waals surface area contributed by atoms with Crippen molar-refractivity contribution in [3.05, 3.63) is 23.5 Å². The lowest BCUT2D eigenvalue weighted by Crippen LogP contribution is -2.34. The number of halogens is 1. The second kappa shape index (κ2) is 3.94. The van der Waals surface area contributed by atoms with Crippen LogP contribution in [0.25, 0.3) is 0 Å². The first kappa shape index (κ1) is 11.2. The highest BCUT2D eigenvalue weighted by atomic mass is 19.1. The zero-order chi connectivity index (χ0) is 11.8. The van der Waals surface area contributed by atoms with Gasteiger partial charge in [0, 0.05) is 17.2 Å². The lowest BCUT2D eigenvalue weighted by molar-refractivity contribution is 0.374. The molecule has 0 bridgehead atoms. The van der Waals surface area contributed by atoms with Crippen LogP contribution in [-0.2, 0) is 5.54 Å². The van der Waals surface area contributed by atoms with E-state index in [2.05, 4.69) is 0 Å². The minimum absolute atomic E-state index is 0.363. The van der Waals surface area contributed by atoms with E-state index in [4.69, 9.17) is 10.5 Å². The van der Waals surface area contributed by atoms with Crippen LogP contribution in [0.4, 0.5) is 4.39 Å². The van der Waals surface area contributed by atoms with Gasteiger partial charge in [0.25, 0.3) is 0 Å². The Morgan fingerprint density at radius 3 is 2.56 bits per heavy atom. The summed E-state index contributed by atoms with van der Waals surface area (Å²) in [5, 5.41) is 9.48. The molecule has 0 atom stereocenters. The molecule has 0 unspecified atom stereocenters. The molecule has 3 nitrogen and oxygen atoms in total. The average molecular weight is 225 g/mol. The van der Waals surface area contributed by atoms with Crippen molar-refractivity contribution in [3.8, 4) is 11.5 Å². The molecular weight excluding hydrogens is 209 g/mol. The van der Waals surface area contributed by atoms with Gasteiger partial charge in [-0.2, -0.15) is 0 Å². The van der Waals surface area contributed by atoms with Crippen molar-refractivity contribution in [1.82, 2.24) is 0 Å². The Hall–Kier alpha value is -1.29. The number of aromatic hydroxyl groups is 1. The van der Waals surface area contributed by atoms with Crippen LogP contribution in [0.3, 0.4) is 0 Å². The maximum Gasteiger partial charge on any atom is 0.170 e. The van der Waals surface area contributed by atoms with Gasteiger partial charge in [-0.3, -0.25) is 0 Å². The van der Waals surface area contributed by atoms with Gasteiger partial charge < -0.3 is 15.6 Å². The van der Waals surface area contributed by atoms with E-state index in [0.29, 0.717) is 11.3 Å². The molecule has 0 heterocycles. The molecule has 1 aliphatic rings. The summed E-state index contributed by atoms with van der Waals surface area (Å²) in [5.74, 6) is -0.582. The summed E-state index contributed by atoms with van der Waals surface area (Å²) in [5.41, 5.74) is 5.87. The summed E-state index contributed by atoms with van der Waals surface area (Å²) in [7, 11) is 1.48. The SMILES string of the molecule is COc1cc(O)c(F)c(C2(N)CCCC2)c1. The fraction of sp³-hybridized carbons (Fsp3) is 0.500. The highest BCUT2D eigenvalue weighted by Gasteiger charge is 2.35. The van der Waals surface area contributed by atoms with Crippen molar-refractivity contribution in [3.63, 3.8) is 0 Å². The molecule has 88 valence electrons. The Bertz CT molecular complexity index is 400. The van der Waals surface area contributed by atoms with Crippen LogP contribution >= 0.6 is 0 Å². The standard InChI is InChI=1S/C12H16FNO2/c1-16-8-6-9(11(13)10(15)7-8)12(14)4-2-3-5-12/h6-7,15H,2-5,14H2,1H3. The molecule has 0 spiro atoms. The lowest BCUT2D eigenvalue weighted by atomic mass is 9.88. The van der Waals surface area contributed by atoms with Gasteiger partial charge in [0.15, 0.2) is 11.6 Å². The summed E-state index contributed by atoms with van der Waals surface area (Å²) in [6.07, 6.45) is 3.48. The fourth-order valence-corrected chi connectivity index (χ4v) is 2.34. The summed E-state index contributed by atoms with van der Waals surface area (Å²) in [6.45, 7) is 0. The molecular formula is C12H16FNO2. The fourth-order valence-electron chi connectivity index (χ4n) is 2.34. The van der Waals surface area contributed by atoms with Gasteiger partial charge in [-0.05, 0) is 18.9 Å². The molecule has 0 radical (unpaired) electrons. The number of hydrogen-bond donors (Lipinski definition) is 2. The third kappa shape index (κ3) is 1.73. The first-order valence-corrected chi connectivity index (χ1v) is 5.43. The Labute approximate surface area is 94.0 Å². The Kier molecular flexibility index (Phi) is 2.76. The van der Waals surface area contributed by atoms with Crippen molar-refractivity contribution in [2.24, 2.45) is 5.73 Å². The number of phenolic OH excluding ortho intramolecular Hbond substituents is 1. The second-order valence-electron chi connectivity index (χ2n) is 4.37. The summed E-state index contributed by atoms with van der Waals surface area (Å²) in [6, 6.07) is 2.84. The molecule has 2 rings (SSSR count). The number of phenols is 1. The van der Waals surface area contributed by atoms with Gasteiger partial charge in [-0.15, -0.1) is 0 Å². The first-order valence-electron chi connectivity index (χ1n) is 5.43. The Balaban J connectivity index is 2.50. The summed E-state index contributed by atoms with van der Waals surface area (Å²) in [4.78, 5) is 0. The van der Waals surface area contributed by atoms with Crippen molar-refractivity contribution in [2.75, 3.05) is 7.11 Å². The molecule has 1 aromatic carbocycles. The molecule has 0 aromatic heterocycles. The molecule has 1 aromatic rings. The van der Waals surface area contributed by atoms with Gasteiger partial charge in [0.05, 0.1) is 7.11 Å². The highest BCUT2D eigenvalue weighted by Crippen LogP contribution is 2.41. The van der Waals surface area contributed by atoms with Crippen LogP contribution < -0.4 is 10.5 Å². The van der Waals surface area contributed by atoms with E-state index < -0.39 is 17.1 Å². The molecule has 4 heteroatoms. The maximum atomic E-state index is 13.8. The predicted octanol–water partition coefficient (Wildman–Crippen LogP) is 2.27. The third-order valence-corrected chi connectivity index (χ3v) is 3.29. The van der Waals surface area contributed by atoms with Crippen LogP contribution in [0.1, 0.15) is 31.2 Å². The largest absolute Gasteiger partial charge is 0.505 e. The van der Waals surface area contributed by atoms with E-state index in [1.54, 1.807) is 6.07 Å². The van der Waals surface area contributed by atoms with Crippen LogP contribution in [0.2, 0.25) is 0 Å². The Morgan fingerprint density at radius 2 is 2.00 bits per heavy atom. The zero-order valence-electron chi connectivity index (χ0n) is 9.29. The minimum Gasteiger partial charge on any atom is -0.505 e. The van der Waals surface area contributed by atoms with Gasteiger partial charge >= 0.3 is 0 Å². The summed E-state index contributed by atoms with van der Waals surface area (Å²) < 4.78 is 18.8. The van der Waals surface area contributed by atoms with Gasteiger partial charge in [0.2, 0.25) is 0 Å². The number of nitrogens with two attached hydrogens (primary N) is 1. The zero-order valence-corrected chi connectivity index (χ0v) is 9.29. The average Bonchev–Trinajstić information content (AvgIpc) is 2.70. The van der Waals surface area contributed by atoms with Crippen molar-refractivity contribution in [2.45, 2.75) is 31.2 Å². The molecule has 0 saturated heterocycles. The van der Waals surface area contributed by atoms with E-state index in [-0.39, 0.29) is 0 Å². The van der Waals surface area contributed by atoms with E-state index in [1.807, 2.05) is 0 Å². The number of ether oxygens (including phenoxy) is 1. The smallest absolute Gasteiger partial charge is 0.170 e. The van der Waals surface area contributed by atoms with Crippen LogP contribution in [0, 0.1) is 5.82 Å². The predicted molar refractivity (Wildman–Crippen MR) is 59.0 cm³/mol. The van der Waals surface area contributed by atoms with E-state index in [9.17, 15) is 9.50 Å². The van der Waals surface area contributed by atoms with Crippen molar-refractivity contribution < 1.29 is 14.2 Å². The highest BCUT2D eigenvalue weighted by molar-refractivity contribution is 5.42. The van der Waals surface area contributed by atoms with Crippen molar-refractivity contribution in [1.29, 1.82) is 0 Å². The molecule has 1 saturated carbocycles. The van der Waals surface area contributed by atoms with E-state index >= 15 is 0 Å². The Morgan fingerprint density at radius 1 is 1.38 bits per heavy atom. The quantitative estimate of drug-likeness (QED) is 0.811. The van der Waals surface area contributed by atoms with E-state index in [0.717, 1.165) is 25.7 Å². The summed E-state index contributed by atoms with van der Waals surface area (Å²) >= 11 is 0. The van der Waals surface area contributed by atoms with E-state index in [1.165, 1.54) is 13.2 Å². The molecule has 1 aliphatic carbocycles. The first-order chi connectivity index (χ1) is 7.57. The topological polar surface area (TPSA) is 55.5 Å². The number of benzene rings is 1. The number of rotatable bonds is 2. The molecule has 0 aliphatic heterocycles. The normalized spacial score (nSPS) is 18.7. The molecule has 16 heavy (non-hydrogen) atoms.